The maximum absolute atomic E-state index is 14.1. The average Bonchev–Trinajstić information content (AvgIpc) is 2.60. The van der Waals surface area contributed by atoms with E-state index in [1.165, 1.54) is 12.3 Å². The molecule has 2 rings (SSSR count). The molecule has 0 saturated carbocycles. The van der Waals surface area contributed by atoms with Crippen LogP contribution in [0.5, 0.6) is 0 Å². The number of benzene rings is 2. The predicted octanol–water partition coefficient (Wildman–Crippen LogP) is 2.47. The lowest BCUT2D eigenvalue weighted by Gasteiger charge is -2.16. The van der Waals surface area contributed by atoms with Crippen molar-refractivity contribution in [3.05, 3.63) is 58.9 Å². The van der Waals surface area contributed by atoms with E-state index in [2.05, 4.69) is 15.6 Å². The Morgan fingerprint density at radius 2 is 1.64 bits per heavy atom. The molecule has 0 amide bonds. The fraction of sp³-hybridized carbons (Fsp3) is 0.350. The molecule has 6 nitrogen and oxygen atoms in total. The Kier molecular flexibility index (Phi) is 7.01. The first-order valence-electron chi connectivity index (χ1n) is 8.81. The first-order valence-corrected chi connectivity index (χ1v) is 10.7. The van der Waals surface area contributed by atoms with Crippen molar-refractivity contribution in [1.82, 2.24) is 10.6 Å². The second-order valence-corrected chi connectivity index (χ2v) is 8.82. The summed E-state index contributed by atoms with van der Waals surface area (Å²) in [4.78, 5) is 6.22. The quantitative estimate of drug-likeness (QED) is 0.570. The molecule has 152 valence electrons. The Hall–Kier alpha value is -2.61. The van der Waals surface area contributed by atoms with Gasteiger partial charge in [-0.25, -0.2) is 12.8 Å². The molecular weight excluding hydrogens is 379 g/mol. The van der Waals surface area contributed by atoms with E-state index < -0.39 is 9.84 Å². The summed E-state index contributed by atoms with van der Waals surface area (Å²) in [5.74, 6) is 0.302. The highest BCUT2D eigenvalue weighted by Gasteiger charge is 2.11. The third-order valence-corrected chi connectivity index (χ3v) is 5.53. The third kappa shape index (κ3) is 5.69. The molecule has 0 aliphatic rings. The maximum Gasteiger partial charge on any atom is 0.191 e. The van der Waals surface area contributed by atoms with Crippen molar-refractivity contribution in [3.8, 4) is 0 Å². The van der Waals surface area contributed by atoms with E-state index in [0.717, 1.165) is 11.1 Å². The summed E-state index contributed by atoms with van der Waals surface area (Å²) in [7, 11) is 2.02. The summed E-state index contributed by atoms with van der Waals surface area (Å²) < 4.78 is 37.5. The van der Waals surface area contributed by atoms with E-state index in [-0.39, 0.29) is 5.82 Å². The molecule has 8 heteroatoms. The number of guanidine groups is 1. The van der Waals surface area contributed by atoms with Crippen LogP contribution < -0.4 is 15.5 Å². The zero-order valence-corrected chi connectivity index (χ0v) is 17.7. The molecule has 2 aromatic rings. The van der Waals surface area contributed by atoms with Gasteiger partial charge >= 0.3 is 0 Å². The molecule has 0 aliphatic heterocycles. The van der Waals surface area contributed by atoms with Gasteiger partial charge in [-0.2, -0.15) is 0 Å². The van der Waals surface area contributed by atoms with Crippen molar-refractivity contribution < 1.29 is 12.8 Å². The maximum atomic E-state index is 14.1. The molecule has 0 spiro atoms. The van der Waals surface area contributed by atoms with Crippen LogP contribution in [0.3, 0.4) is 0 Å². The van der Waals surface area contributed by atoms with Gasteiger partial charge in [-0.1, -0.05) is 18.2 Å². The predicted molar refractivity (Wildman–Crippen MR) is 112 cm³/mol. The molecule has 0 aliphatic carbocycles. The second-order valence-electron chi connectivity index (χ2n) is 6.83. The van der Waals surface area contributed by atoms with Gasteiger partial charge in [-0.15, -0.1) is 0 Å². The van der Waals surface area contributed by atoms with Crippen molar-refractivity contribution >= 4 is 21.5 Å². The minimum absolute atomic E-state index is 0.270. The topological polar surface area (TPSA) is 73.8 Å². The number of aryl methyl sites for hydroxylation is 1. The number of rotatable bonds is 6. The molecule has 2 N–H and O–H groups in total. The number of nitrogens with zero attached hydrogens (tertiary/aromatic N) is 2. The minimum Gasteiger partial charge on any atom is -0.375 e. The summed E-state index contributed by atoms with van der Waals surface area (Å²) in [5, 5.41) is 6.32. The van der Waals surface area contributed by atoms with Gasteiger partial charge < -0.3 is 15.5 Å². The summed E-state index contributed by atoms with van der Waals surface area (Å²) in [5.41, 5.74) is 2.99. The molecule has 0 radical (unpaired) electrons. The number of hydrogen-bond donors (Lipinski definition) is 2. The summed E-state index contributed by atoms with van der Waals surface area (Å²) >= 11 is 0. The highest BCUT2D eigenvalue weighted by molar-refractivity contribution is 7.90. The van der Waals surface area contributed by atoms with Gasteiger partial charge in [0.05, 0.1) is 10.6 Å². The Morgan fingerprint density at radius 1 is 1.07 bits per heavy atom. The van der Waals surface area contributed by atoms with Crippen molar-refractivity contribution in [2.24, 2.45) is 4.99 Å². The van der Waals surface area contributed by atoms with Gasteiger partial charge in [0.25, 0.3) is 0 Å². The van der Waals surface area contributed by atoms with Crippen LogP contribution in [-0.2, 0) is 22.9 Å². The number of nitrogens with one attached hydrogen (secondary N) is 2. The van der Waals surface area contributed by atoms with E-state index >= 15 is 0 Å². The van der Waals surface area contributed by atoms with E-state index in [1.807, 2.05) is 12.1 Å². The van der Waals surface area contributed by atoms with Gasteiger partial charge in [0.15, 0.2) is 15.8 Å². The van der Waals surface area contributed by atoms with Crippen LogP contribution in [0.1, 0.15) is 16.7 Å². The molecule has 0 unspecified atom stereocenters. The first-order chi connectivity index (χ1) is 13.1. The average molecular weight is 407 g/mol. The molecular formula is C20H27FN4O2S. The van der Waals surface area contributed by atoms with E-state index in [0.29, 0.717) is 35.2 Å². The van der Waals surface area contributed by atoms with Crippen LogP contribution >= 0.6 is 0 Å². The largest absolute Gasteiger partial charge is 0.375 e. The van der Waals surface area contributed by atoms with E-state index in [4.69, 9.17) is 0 Å². The van der Waals surface area contributed by atoms with Crippen molar-refractivity contribution in [1.29, 1.82) is 0 Å². The summed E-state index contributed by atoms with van der Waals surface area (Å²) in [6.07, 6.45) is 1.20. The van der Waals surface area contributed by atoms with Gasteiger partial charge in [-0.05, 0) is 41.8 Å². The fourth-order valence-corrected chi connectivity index (χ4v) is 3.81. The second kappa shape index (κ2) is 9.05. The van der Waals surface area contributed by atoms with Crippen molar-refractivity contribution in [3.63, 3.8) is 0 Å². The zero-order chi connectivity index (χ0) is 20.9. The standard InChI is InChI=1S/C20H27FN4O2S/c1-14-10-15(7-9-19(14)28(5,26)27)12-23-20(22-2)24-13-16-6-8-18(25(3)4)17(21)11-16/h6-11H,12-13H2,1-5H3,(H2,22,23,24). The number of aliphatic imine (C=N–C) groups is 1. The van der Waals surface area contributed by atoms with Gasteiger partial charge in [0.1, 0.15) is 5.82 Å². The number of halogens is 1. The number of anilines is 1. The van der Waals surface area contributed by atoms with Crippen molar-refractivity contribution in [2.45, 2.75) is 24.9 Å². The van der Waals surface area contributed by atoms with Crippen LogP contribution in [-0.4, -0.2) is 41.8 Å². The number of sulfone groups is 1. The van der Waals surface area contributed by atoms with Crippen LogP contribution in [0, 0.1) is 12.7 Å². The minimum atomic E-state index is -3.23. The van der Waals surface area contributed by atoms with E-state index in [1.54, 1.807) is 51.2 Å². The molecule has 0 heterocycles. The Bertz CT molecular complexity index is 972. The van der Waals surface area contributed by atoms with Gasteiger partial charge in [0.2, 0.25) is 0 Å². The summed E-state index contributed by atoms with van der Waals surface area (Å²) in [6.45, 7) is 2.69. The zero-order valence-electron chi connectivity index (χ0n) is 16.9. The molecule has 0 fully saturated rings. The molecule has 0 aromatic heterocycles. The highest BCUT2D eigenvalue weighted by atomic mass is 32.2. The molecule has 28 heavy (non-hydrogen) atoms. The van der Waals surface area contributed by atoms with Gasteiger partial charge in [0, 0.05) is 40.5 Å². The lowest BCUT2D eigenvalue weighted by molar-refractivity contribution is 0.601. The Balaban J connectivity index is 1.97. The van der Waals surface area contributed by atoms with Crippen LogP contribution in [0.25, 0.3) is 0 Å². The molecule has 0 atom stereocenters. The number of hydrogen-bond acceptors (Lipinski definition) is 4. The Morgan fingerprint density at radius 3 is 2.11 bits per heavy atom. The van der Waals surface area contributed by atoms with Crippen LogP contribution in [0.15, 0.2) is 46.3 Å². The van der Waals surface area contributed by atoms with E-state index in [9.17, 15) is 12.8 Å². The van der Waals surface area contributed by atoms with Crippen LogP contribution in [0.4, 0.5) is 10.1 Å². The highest BCUT2D eigenvalue weighted by Crippen LogP contribution is 2.18. The third-order valence-electron chi connectivity index (χ3n) is 4.28. The lowest BCUT2D eigenvalue weighted by Crippen LogP contribution is -2.36. The monoisotopic (exact) mass is 406 g/mol. The van der Waals surface area contributed by atoms with Crippen LogP contribution in [0.2, 0.25) is 0 Å². The molecule has 0 bridgehead atoms. The van der Waals surface area contributed by atoms with Gasteiger partial charge in [-0.3, -0.25) is 4.99 Å². The SMILES string of the molecule is CN=C(NCc1ccc(S(C)(=O)=O)c(C)c1)NCc1ccc(N(C)C)c(F)c1. The smallest absolute Gasteiger partial charge is 0.191 e. The Labute approximate surface area is 166 Å². The first kappa shape index (κ1) is 21.7. The molecule has 0 saturated heterocycles. The normalized spacial score (nSPS) is 12.0. The fourth-order valence-electron chi connectivity index (χ4n) is 2.85. The van der Waals surface area contributed by atoms with Crippen molar-refractivity contribution in [2.75, 3.05) is 32.3 Å². The lowest BCUT2D eigenvalue weighted by atomic mass is 10.1. The molecule has 2 aromatic carbocycles. The summed E-state index contributed by atoms with van der Waals surface area (Å²) in [6, 6.07) is 10.3.